The summed E-state index contributed by atoms with van der Waals surface area (Å²) in [7, 11) is 0. The molecular formula is C25H22F4N2O3. The van der Waals surface area contributed by atoms with Crippen molar-refractivity contribution in [1.82, 2.24) is 10.6 Å². The zero-order valence-corrected chi connectivity index (χ0v) is 18.1. The number of benzene rings is 3. The minimum Gasteiger partial charge on any atom is -0.486 e. The standard InChI is InChI=1S/C25H22F4N2O3/c1-23(18-11-6-3-7-12-18)21(17-9-4-2-5-10-17)30-24(31-23,34-22(32)25(27,28)29)16-33-20-14-8-13-19(26)15-20/h2-15,21,30-31H,16H2,1H3. The molecule has 178 valence electrons. The smallest absolute Gasteiger partial charge is 0.486 e. The van der Waals surface area contributed by atoms with Crippen molar-refractivity contribution < 1.29 is 31.8 Å². The van der Waals surface area contributed by atoms with Gasteiger partial charge >= 0.3 is 12.1 Å². The number of halogens is 4. The molecule has 3 aromatic rings. The second-order valence-corrected chi connectivity index (χ2v) is 8.14. The Morgan fingerprint density at radius 3 is 2.24 bits per heavy atom. The fraction of sp³-hybridized carbons (Fsp3) is 0.240. The lowest BCUT2D eigenvalue weighted by molar-refractivity contribution is -0.221. The van der Waals surface area contributed by atoms with Gasteiger partial charge in [-0.25, -0.2) is 9.18 Å². The van der Waals surface area contributed by atoms with Gasteiger partial charge in [0.1, 0.15) is 11.6 Å². The van der Waals surface area contributed by atoms with Gasteiger partial charge in [0.2, 0.25) is 0 Å². The Kier molecular flexibility index (Phi) is 6.33. The third-order valence-corrected chi connectivity index (χ3v) is 5.66. The van der Waals surface area contributed by atoms with E-state index in [9.17, 15) is 22.4 Å². The van der Waals surface area contributed by atoms with Crippen molar-refractivity contribution in [3.8, 4) is 5.75 Å². The van der Waals surface area contributed by atoms with Gasteiger partial charge in [-0.3, -0.25) is 10.6 Å². The summed E-state index contributed by atoms with van der Waals surface area (Å²) in [5.74, 6) is -4.98. The van der Waals surface area contributed by atoms with E-state index in [2.05, 4.69) is 10.6 Å². The first kappa shape index (κ1) is 23.7. The summed E-state index contributed by atoms with van der Waals surface area (Å²) in [5.41, 5.74) is 0.476. The molecule has 0 amide bonds. The molecule has 3 atom stereocenters. The topological polar surface area (TPSA) is 59.6 Å². The zero-order chi connectivity index (χ0) is 24.4. The van der Waals surface area contributed by atoms with Crippen LogP contribution in [0.5, 0.6) is 5.75 Å². The number of hydrogen-bond donors (Lipinski definition) is 2. The monoisotopic (exact) mass is 474 g/mol. The molecular weight excluding hydrogens is 452 g/mol. The number of nitrogens with one attached hydrogen (secondary N) is 2. The summed E-state index contributed by atoms with van der Waals surface area (Å²) < 4.78 is 63.8. The average Bonchev–Trinajstić information content (AvgIpc) is 3.12. The van der Waals surface area contributed by atoms with Crippen LogP contribution >= 0.6 is 0 Å². The summed E-state index contributed by atoms with van der Waals surface area (Å²) >= 11 is 0. The van der Waals surface area contributed by atoms with Gasteiger partial charge in [0.05, 0.1) is 11.6 Å². The largest absolute Gasteiger partial charge is 0.491 e. The van der Waals surface area contributed by atoms with Crippen molar-refractivity contribution in [1.29, 1.82) is 0 Å². The second kappa shape index (κ2) is 9.08. The summed E-state index contributed by atoms with van der Waals surface area (Å²) in [6.07, 6.45) is -5.23. The molecule has 0 bridgehead atoms. The summed E-state index contributed by atoms with van der Waals surface area (Å²) in [4.78, 5) is 11.9. The summed E-state index contributed by atoms with van der Waals surface area (Å²) in [6, 6.07) is 22.6. The number of carbonyl (C=O) groups excluding carboxylic acids is 1. The van der Waals surface area contributed by atoms with E-state index >= 15 is 0 Å². The number of ether oxygens (including phenoxy) is 2. The fourth-order valence-corrected chi connectivity index (χ4v) is 4.11. The van der Waals surface area contributed by atoms with Gasteiger partial charge in [-0.1, -0.05) is 66.7 Å². The molecule has 3 aromatic carbocycles. The molecule has 2 N–H and O–H groups in total. The molecule has 5 nitrogen and oxygen atoms in total. The van der Waals surface area contributed by atoms with Gasteiger partial charge < -0.3 is 9.47 Å². The Morgan fingerprint density at radius 2 is 1.62 bits per heavy atom. The molecule has 1 aliphatic heterocycles. The van der Waals surface area contributed by atoms with E-state index in [1.807, 2.05) is 36.4 Å². The molecule has 9 heteroatoms. The minimum atomic E-state index is -5.23. The van der Waals surface area contributed by atoms with Gasteiger partial charge in [-0.05, 0) is 30.2 Å². The third kappa shape index (κ3) is 4.90. The van der Waals surface area contributed by atoms with Crippen LogP contribution in [0.2, 0.25) is 0 Å². The van der Waals surface area contributed by atoms with E-state index in [0.29, 0.717) is 0 Å². The SMILES string of the molecule is CC1(c2ccccc2)NC(COc2cccc(F)c2)(OC(=O)C(F)(F)F)NC1c1ccccc1. The first-order valence-electron chi connectivity index (χ1n) is 10.5. The van der Waals surface area contributed by atoms with Crippen molar-refractivity contribution in [2.75, 3.05) is 6.61 Å². The van der Waals surface area contributed by atoms with Crippen LogP contribution in [0.4, 0.5) is 17.6 Å². The van der Waals surface area contributed by atoms with Gasteiger partial charge in [-0.15, -0.1) is 0 Å². The van der Waals surface area contributed by atoms with Crippen molar-refractivity contribution in [2.24, 2.45) is 0 Å². The second-order valence-electron chi connectivity index (χ2n) is 8.14. The number of esters is 1. The molecule has 4 rings (SSSR count). The van der Waals surface area contributed by atoms with Gasteiger partial charge in [0.15, 0.2) is 6.61 Å². The average molecular weight is 474 g/mol. The molecule has 0 spiro atoms. The minimum absolute atomic E-state index is 0.0654. The fourth-order valence-electron chi connectivity index (χ4n) is 4.11. The van der Waals surface area contributed by atoms with Crippen molar-refractivity contribution >= 4 is 5.97 Å². The molecule has 1 fully saturated rings. The molecule has 3 unspecified atom stereocenters. The van der Waals surface area contributed by atoms with Crippen LogP contribution in [-0.4, -0.2) is 24.6 Å². The van der Waals surface area contributed by atoms with Gasteiger partial charge in [0, 0.05) is 6.07 Å². The number of rotatable bonds is 6. The maximum atomic E-state index is 13.6. The molecule has 1 aliphatic rings. The highest BCUT2D eigenvalue weighted by Gasteiger charge is 2.58. The Bertz CT molecular complexity index is 1140. The Morgan fingerprint density at radius 1 is 0.971 bits per heavy atom. The van der Waals surface area contributed by atoms with E-state index in [0.717, 1.165) is 17.2 Å². The lowest BCUT2D eigenvalue weighted by Gasteiger charge is -2.33. The van der Waals surface area contributed by atoms with Crippen LogP contribution in [0.3, 0.4) is 0 Å². The predicted molar refractivity (Wildman–Crippen MR) is 116 cm³/mol. The quantitative estimate of drug-likeness (QED) is 0.397. The molecule has 1 saturated heterocycles. The van der Waals surface area contributed by atoms with Crippen molar-refractivity contribution in [3.05, 3.63) is 102 Å². The van der Waals surface area contributed by atoms with Crippen molar-refractivity contribution in [3.63, 3.8) is 0 Å². The molecule has 0 aliphatic carbocycles. The molecule has 0 saturated carbocycles. The lowest BCUT2D eigenvalue weighted by atomic mass is 9.82. The first-order valence-corrected chi connectivity index (χ1v) is 10.5. The Balaban J connectivity index is 1.75. The van der Waals surface area contributed by atoms with E-state index in [-0.39, 0.29) is 5.75 Å². The highest BCUT2D eigenvalue weighted by atomic mass is 19.4. The first-order chi connectivity index (χ1) is 16.1. The third-order valence-electron chi connectivity index (χ3n) is 5.66. The Hall–Kier alpha value is -3.43. The molecule has 34 heavy (non-hydrogen) atoms. The number of carbonyl (C=O) groups is 1. The van der Waals surface area contributed by atoms with Crippen LogP contribution in [0.1, 0.15) is 24.1 Å². The number of hydrogen-bond acceptors (Lipinski definition) is 5. The van der Waals surface area contributed by atoms with Crippen LogP contribution in [0.15, 0.2) is 84.9 Å². The van der Waals surface area contributed by atoms with E-state index < -0.39 is 42.0 Å². The van der Waals surface area contributed by atoms with Crippen LogP contribution in [0, 0.1) is 5.82 Å². The maximum absolute atomic E-state index is 13.6. The molecule has 0 aromatic heterocycles. The highest BCUT2D eigenvalue weighted by Crippen LogP contribution is 2.43. The van der Waals surface area contributed by atoms with Crippen molar-refractivity contribution in [2.45, 2.75) is 30.5 Å². The van der Waals surface area contributed by atoms with Crippen LogP contribution in [-0.2, 0) is 15.1 Å². The van der Waals surface area contributed by atoms with E-state index in [4.69, 9.17) is 9.47 Å². The van der Waals surface area contributed by atoms with Crippen LogP contribution < -0.4 is 15.4 Å². The van der Waals surface area contributed by atoms with E-state index in [1.165, 1.54) is 18.2 Å². The molecule has 1 heterocycles. The summed E-state index contributed by atoms with van der Waals surface area (Å²) in [6.45, 7) is 1.22. The van der Waals surface area contributed by atoms with Gasteiger partial charge in [0.25, 0.3) is 5.85 Å². The normalized spacial score (nSPS) is 24.6. The highest BCUT2D eigenvalue weighted by molar-refractivity contribution is 5.76. The maximum Gasteiger partial charge on any atom is 0.491 e. The van der Waals surface area contributed by atoms with Crippen LogP contribution in [0.25, 0.3) is 0 Å². The Labute approximate surface area is 193 Å². The van der Waals surface area contributed by atoms with E-state index in [1.54, 1.807) is 31.2 Å². The zero-order valence-electron chi connectivity index (χ0n) is 18.1. The van der Waals surface area contributed by atoms with Gasteiger partial charge in [-0.2, -0.15) is 13.2 Å². The number of alkyl halides is 3. The summed E-state index contributed by atoms with van der Waals surface area (Å²) in [5, 5.41) is 6.09. The lowest BCUT2D eigenvalue weighted by Crippen LogP contribution is -2.60. The predicted octanol–water partition coefficient (Wildman–Crippen LogP) is 4.81. The molecule has 0 radical (unpaired) electrons.